The van der Waals surface area contributed by atoms with E-state index in [4.69, 9.17) is 0 Å². The Bertz CT molecular complexity index is 792. The molecule has 5 heteroatoms. The Morgan fingerprint density at radius 3 is 2.57 bits per heavy atom. The molecule has 0 radical (unpaired) electrons. The summed E-state index contributed by atoms with van der Waals surface area (Å²) in [5.41, 5.74) is 3.91. The lowest BCUT2D eigenvalue weighted by Gasteiger charge is -2.10. The van der Waals surface area contributed by atoms with E-state index in [2.05, 4.69) is 5.32 Å². The van der Waals surface area contributed by atoms with E-state index in [-0.39, 0.29) is 11.5 Å². The summed E-state index contributed by atoms with van der Waals surface area (Å²) < 4.78 is 0. The first kappa shape index (κ1) is 15.7. The summed E-state index contributed by atoms with van der Waals surface area (Å²) >= 11 is 1.41. The number of rotatable bonds is 3. The van der Waals surface area contributed by atoms with E-state index < -0.39 is 5.97 Å². The lowest BCUT2D eigenvalue weighted by Crippen LogP contribution is -2.14. The zero-order valence-corrected chi connectivity index (χ0v) is 14.0. The minimum absolute atomic E-state index is 0.255. The number of hydrogen-bond donors (Lipinski definition) is 2. The predicted molar refractivity (Wildman–Crippen MR) is 91.8 cm³/mol. The van der Waals surface area contributed by atoms with Gasteiger partial charge in [0.1, 0.15) is 5.00 Å². The number of amides is 1. The second kappa shape index (κ2) is 6.16. The highest BCUT2D eigenvalue weighted by molar-refractivity contribution is 7.17. The molecule has 1 aromatic heterocycles. The maximum absolute atomic E-state index is 12.5. The number of carbonyl (C=O) groups is 2. The van der Waals surface area contributed by atoms with Gasteiger partial charge in [-0.2, -0.15) is 0 Å². The summed E-state index contributed by atoms with van der Waals surface area (Å²) in [4.78, 5) is 25.2. The number of anilines is 1. The molecule has 3 rings (SSSR count). The smallest absolute Gasteiger partial charge is 0.339 e. The number of aryl methyl sites for hydroxylation is 3. The number of thiophene rings is 1. The number of carboxylic acids is 1. The topological polar surface area (TPSA) is 66.4 Å². The van der Waals surface area contributed by atoms with Gasteiger partial charge in [-0.15, -0.1) is 11.3 Å². The van der Waals surface area contributed by atoms with Crippen LogP contribution in [0.2, 0.25) is 0 Å². The second-order valence-corrected chi connectivity index (χ2v) is 7.08. The molecular formula is C18H19NO3S. The van der Waals surface area contributed by atoms with Crippen molar-refractivity contribution in [3.63, 3.8) is 0 Å². The summed E-state index contributed by atoms with van der Waals surface area (Å²) in [6, 6.07) is 5.51. The van der Waals surface area contributed by atoms with E-state index in [0.29, 0.717) is 10.6 Å². The number of carbonyl (C=O) groups excluding carboxylic acids is 1. The number of aromatic carboxylic acids is 1. The molecule has 1 heterocycles. The standard InChI is InChI=1S/C18H19NO3S/c1-10-7-8-12(9-11(10)2)16(20)19-17-15(18(21)22)13-5-3-4-6-14(13)23-17/h7-9H,3-6H2,1-2H3,(H,19,20)(H,21,22). The van der Waals surface area contributed by atoms with Crippen molar-refractivity contribution in [1.29, 1.82) is 0 Å². The van der Waals surface area contributed by atoms with Crippen molar-refractivity contribution in [1.82, 2.24) is 0 Å². The van der Waals surface area contributed by atoms with E-state index in [1.807, 2.05) is 26.0 Å². The molecule has 2 aromatic rings. The van der Waals surface area contributed by atoms with Crippen molar-refractivity contribution in [2.45, 2.75) is 39.5 Å². The van der Waals surface area contributed by atoms with Crippen LogP contribution in [-0.2, 0) is 12.8 Å². The molecule has 1 aliphatic rings. The second-order valence-electron chi connectivity index (χ2n) is 5.97. The molecule has 23 heavy (non-hydrogen) atoms. The van der Waals surface area contributed by atoms with Gasteiger partial charge in [-0.1, -0.05) is 6.07 Å². The molecule has 0 spiro atoms. The minimum Gasteiger partial charge on any atom is -0.478 e. The SMILES string of the molecule is Cc1ccc(C(=O)Nc2sc3c(c2C(=O)O)CCCC3)cc1C. The number of fused-ring (bicyclic) bond motifs is 1. The Morgan fingerprint density at radius 1 is 1.13 bits per heavy atom. The highest BCUT2D eigenvalue weighted by Crippen LogP contribution is 2.38. The van der Waals surface area contributed by atoms with Gasteiger partial charge in [0.2, 0.25) is 0 Å². The van der Waals surface area contributed by atoms with Crippen LogP contribution in [0.5, 0.6) is 0 Å². The van der Waals surface area contributed by atoms with Gasteiger partial charge in [-0.3, -0.25) is 4.79 Å². The molecule has 1 aromatic carbocycles. The molecule has 1 amide bonds. The van der Waals surface area contributed by atoms with Crippen molar-refractivity contribution in [2.24, 2.45) is 0 Å². The Balaban J connectivity index is 1.93. The highest BCUT2D eigenvalue weighted by atomic mass is 32.1. The number of carboxylic acid groups (broad SMARTS) is 1. The van der Waals surface area contributed by atoms with Crippen LogP contribution in [0, 0.1) is 13.8 Å². The minimum atomic E-state index is -0.959. The zero-order chi connectivity index (χ0) is 16.6. The van der Waals surface area contributed by atoms with Crippen molar-refractivity contribution in [3.8, 4) is 0 Å². The Labute approximate surface area is 139 Å². The molecule has 0 atom stereocenters. The van der Waals surface area contributed by atoms with E-state index >= 15 is 0 Å². The molecule has 0 saturated heterocycles. The van der Waals surface area contributed by atoms with E-state index in [1.54, 1.807) is 6.07 Å². The Kier molecular flexibility index (Phi) is 4.22. The average Bonchev–Trinajstić information content (AvgIpc) is 2.87. The summed E-state index contributed by atoms with van der Waals surface area (Å²) in [6.45, 7) is 3.95. The lowest BCUT2D eigenvalue weighted by atomic mass is 9.95. The van der Waals surface area contributed by atoms with Crippen LogP contribution in [0.15, 0.2) is 18.2 Å². The third-order valence-electron chi connectivity index (χ3n) is 4.38. The van der Waals surface area contributed by atoms with Gasteiger partial charge < -0.3 is 10.4 Å². The first-order valence-electron chi connectivity index (χ1n) is 7.74. The average molecular weight is 329 g/mol. The van der Waals surface area contributed by atoms with Gasteiger partial charge in [-0.25, -0.2) is 4.79 Å². The molecule has 0 bridgehead atoms. The van der Waals surface area contributed by atoms with Crippen LogP contribution in [-0.4, -0.2) is 17.0 Å². The van der Waals surface area contributed by atoms with Crippen LogP contribution >= 0.6 is 11.3 Å². The zero-order valence-electron chi connectivity index (χ0n) is 13.2. The predicted octanol–water partition coefficient (Wildman–Crippen LogP) is 4.19. The van der Waals surface area contributed by atoms with Crippen LogP contribution < -0.4 is 5.32 Å². The van der Waals surface area contributed by atoms with Gasteiger partial charge in [0.25, 0.3) is 5.91 Å². The van der Waals surface area contributed by atoms with E-state index in [9.17, 15) is 14.7 Å². The molecule has 0 saturated carbocycles. The number of nitrogens with one attached hydrogen (secondary N) is 1. The maximum atomic E-state index is 12.5. The van der Waals surface area contributed by atoms with Gasteiger partial charge >= 0.3 is 5.97 Å². The quantitative estimate of drug-likeness (QED) is 0.887. The lowest BCUT2D eigenvalue weighted by molar-refractivity contribution is 0.0697. The van der Waals surface area contributed by atoms with Crippen LogP contribution in [0.25, 0.3) is 0 Å². The molecule has 4 nitrogen and oxygen atoms in total. The van der Waals surface area contributed by atoms with E-state index in [0.717, 1.165) is 47.3 Å². The largest absolute Gasteiger partial charge is 0.478 e. The molecule has 0 aliphatic heterocycles. The van der Waals surface area contributed by atoms with Crippen molar-refractivity contribution >= 4 is 28.2 Å². The monoisotopic (exact) mass is 329 g/mol. The Morgan fingerprint density at radius 2 is 1.87 bits per heavy atom. The van der Waals surface area contributed by atoms with Crippen molar-refractivity contribution in [2.75, 3.05) is 5.32 Å². The molecular weight excluding hydrogens is 310 g/mol. The molecule has 2 N–H and O–H groups in total. The summed E-state index contributed by atoms with van der Waals surface area (Å²) in [5, 5.41) is 12.8. The highest BCUT2D eigenvalue weighted by Gasteiger charge is 2.26. The van der Waals surface area contributed by atoms with E-state index in [1.165, 1.54) is 11.3 Å². The number of benzene rings is 1. The Hall–Kier alpha value is -2.14. The first-order valence-corrected chi connectivity index (χ1v) is 8.55. The molecule has 0 unspecified atom stereocenters. The van der Waals surface area contributed by atoms with Crippen molar-refractivity contribution < 1.29 is 14.7 Å². The first-order chi connectivity index (χ1) is 11.0. The fourth-order valence-corrected chi connectivity index (χ4v) is 4.21. The number of hydrogen-bond acceptors (Lipinski definition) is 3. The summed E-state index contributed by atoms with van der Waals surface area (Å²) in [6.07, 6.45) is 3.78. The third-order valence-corrected chi connectivity index (χ3v) is 5.59. The fourth-order valence-electron chi connectivity index (χ4n) is 2.94. The van der Waals surface area contributed by atoms with Gasteiger partial charge in [-0.05, 0) is 68.4 Å². The van der Waals surface area contributed by atoms with Crippen molar-refractivity contribution in [3.05, 3.63) is 50.9 Å². The third kappa shape index (κ3) is 3.01. The summed E-state index contributed by atoms with van der Waals surface area (Å²) in [7, 11) is 0. The molecule has 1 aliphatic carbocycles. The fraction of sp³-hybridized carbons (Fsp3) is 0.333. The molecule has 120 valence electrons. The molecule has 0 fully saturated rings. The van der Waals surface area contributed by atoms with Gasteiger partial charge in [0, 0.05) is 10.4 Å². The summed E-state index contributed by atoms with van der Waals surface area (Å²) in [5.74, 6) is -1.21. The van der Waals surface area contributed by atoms with Crippen LogP contribution in [0.4, 0.5) is 5.00 Å². The normalized spacial score (nSPS) is 13.5. The van der Waals surface area contributed by atoms with Crippen LogP contribution in [0.1, 0.15) is 55.1 Å². The maximum Gasteiger partial charge on any atom is 0.339 e. The van der Waals surface area contributed by atoms with Gasteiger partial charge in [0.15, 0.2) is 0 Å². The van der Waals surface area contributed by atoms with Crippen LogP contribution in [0.3, 0.4) is 0 Å². The van der Waals surface area contributed by atoms with Gasteiger partial charge in [0.05, 0.1) is 5.56 Å².